The van der Waals surface area contributed by atoms with Crippen molar-refractivity contribution in [3.8, 4) is 5.75 Å². The topological polar surface area (TPSA) is 61.9 Å². The number of carbonyl (C=O) groups is 2. The molecular formula is C27H27F2N3O3. The maximum atomic E-state index is 14.2. The summed E-state index contributed by atoms with van der Waals surface area (Å²) < 4.78 is 32.9. The highest BCUT2D eigenvalue weighted by atomic mass is 19.1. The average Bonchev–Trinajstić information content (AvgIpc) is 2.83. The van der Waals surface area contributed by atoms with E-state index in [4.69, 9.17) is 4.74 Å². The third-order valence-corrected chi connectivity index (χ3v) is 5.92. The predicted octanol–water partition coefficient (Wildman–Crippen LogP) is 5.30. The van der Waals surface area contributed by atoms with Gasteiger partial charge in [-0.3, -0.25) is 9.69 Å². The molecule has 0 aromatic heterocycles. The van der Waals surface area contributed by atoms with Crippen LogP contribution in [0.3, 0.4) is 0 Å². The van der Waals surface area contributed by atoms with Gasteiger partial charge in [0.15, 0.2) is 0 Å². The second kappa shape index (κ2) is 10.5. The quantitative estimate of drug-likeness (QED) is 0.501. The molecule has 0 radical (unpaired) electrons. The Morgan fingerprint density at radius 1 is 1.03 bits per heavy atom. The van der Waals surface area contributed by atoms with Gasteiger partial charge in [-0.15, -0.1) is 0 Å². The SMILES string of the molecule is COc1ccc(CC(=O)Nc2cc(C)ccc2N2CCCN(Cc3cc(F)ccc3F)C2=O)cc1. The number of amides is 3. The number of benzene rings is 3. The standard InChI is InChI=1S/C27H27F2N3O3/c1-18-4-11-25(24(14-18)30-26(33)15-19-5-8-22(35-2)9-6-19)32-13-3-12-31(27(32)34)17-20-16-21(28)7-10-23(20)29/h4-11,14,16H,3,12-13,15,17H2,1-2H3,(H,30,33). The molecule has 1 N–H and O–H groups in total. The van der Waals surface area contributed by atoms with Crippen LogP contribution in [0.1, 0.15) is 23.1 Å². The number of rotatable bonds is 7. The molecule has 35 heavy (non-hydrogen) atoms. The third-order valence-electron chi connectivity index (χ3n) is 5.92. The van der Waals surface area contributed by atoms with Crippen LogP contribution in [-0.4, -0.2) is 37.0 Å². The fourth-order valence-corrected chi connectivity index (χ4v) is 4.13. The molecule has 1 aliphatic heterocycles. The van der Waals surface area contributed by atoms with Crippen LogP contribution in [0.15, 0.2) is 60.7 Å². The van der Waals surface area contributed by atoms with E-state index in [1.807, 2.05) is 31.2 Å². The van der Waals surface area contributed by atoms with E-state index in [2.05, 4.69) is 5.32 Å². The molecule has 1 heterocycles. The number of nitrogens with zero attached hydrogens (tertiary/aromatic N) is 2. The zero-order valence-corrected chi connectivity index (χ0v) is 19.7. The minimum absolute atomic E-state index is 0.0377. The van der Waals surface area contributed by atoms with Crippen LogP contribution in [0.4, 0.5) is 25.0 Å². The summed E-state index contributed by atoms with van der Waals surface area (Å²) >= 11 is 0. The number of aryl methyl sites for hydroxylation is 1. The summed E-state index contributed by atoms with van der Waals surface area (Å²) in [7, 11) is 1.58. The van der Waals surface area contributed by atoms with Crippen molar-refractivity contribution in [1.82, 2.24) is 4.90 Å². The molecule has 3 aromatic rings. The maximum Gasteiger partial charge on any atom is 0.324 e. The van der Waals surface area contributed by atoms with Crippen molar-refractivity contribution in [2.45, 2.75) is 26.3 Å². The average molecular weight is 480 g/mol. The molecule has 0 atom stereocenters. The Kier molecular flexibility index (Phi) is 7.29. The third kappa shape index (κ3) is 5.77. The summed E-state index contributed by atoms with van der Waals surface area (Å²) in [6.45, 7) is 2.74. The number of urea groups is 1. The minimum Gasteiger partial charge on any atom is -0.497 e. The fraction of sp³-hybridized carbons (Fsp3) is 0.259. The van der Waals surface area contributed by atoms with Gasteiger partial charge in [0.2, 0.25) is 5.91 Å². The first-order chi connectivity index (χ1) is 16.8. The molecule has 0 bridgehead atoms. The molecule has 6 nitrogen and oxygen atoms in total. The normalized spacial score (nSPS) is 13.7. The molecular weight excluding hydrogens is 452 g/mol. The van der Waals surface area contributed by atoms with Crippen LogP contribution in [0, 0.1) is 18.6 Å². The number of methoxy groups -OCH3 is 1. The number of hydrogen-bond donors (Lipinski definition) is 1. The summed E-state index contributed by atoms with van der Waals surface area (Å²) in [6.07, 6.45) is 0.812. The van der Waals surface area contributed by atoms with Crippen molar-refractivity contribution in [3.63, 3.8) is 0 Å². The van der Waals surface area contributed by atoms with Gasteiger partial charge in [0.25, 0.3) is 0 Å². The Balaban J connectivity index is 1.52. The lowest BCUT2D eigenvalue weighted by atomic mass is 10.1. The van der Waals surface area contributed by atoms with Crippen molar-refractivity contribution in [2.24, 2.45) is 0 Å². The van der Waals surface area contributed by atoms with Crippen LogP contribution < -0.4 is 15.0 Å². The molecule has 3 amide bonds. The monoisotopic (exact) mass is 479 g/mol. The Morgan fingerprint density at radius 3 is 2.54 bits per heavy atom. The first kappa shape index (κ1) is 24.2. The van der Waals surface area contributed by atoms with Crippen molar-refractivity contribution < 1.29 is 23.1 Å². The molecule has 182 valence electrons. The van der Waals surface area contributed by atoms with Gasteiger partial charge in [-0.2, -0.15) is 0 Å². The lowest BCUT2D eigenvalue weighted by Crippen LogP contribution is -2.49. The second-order valence-corrected chi connectivity index (χ2v) is 8.54. The number of anilines is 2. The predicted molar refractivity (Wildman–Crippen MR) is 131 cm³/mol. The van der Waals surface area contributed by atoms with Crippen LogP contribution in [0.5, 0.6) is 5.75 Å². The lowest BCUT2D eigenvalue weighted by molar-refractivity contribution is -0.115. The van der Waals surface area contributed by atoms with E-state index in [0.717, 1.165) is 29.3 Å². The molecule has 0 spiro atoms. The van der Waals surface area contributed by atoms with E-state index in [-0.39, 0.29) is 30.5 Å². The zero-order valence-electron chi connectivity index (χ0n) is 19.7. The van der Waals surface area contributed by atoms with Crippen molar-refractivity contribution in [3.05, 3.63) is 89.0 Å². The van der Waals surface area contributed by atoms with Gasteiger partial charge >= 0.3 is 6.03 Å². The largest absolute Gasteiger partial charge is 0.497 e. The first-order valence-electron chi connectivity index (χ1n) is 11.4. The fourth-order valence-electron chi connectivity index (χ4n) is 4.13. The Labute approximate surface area is 203 Å². The van der Waals surface area contributed by atoms with Gasteiger partial charge < -0.3 is 15.0 Å². The molecule has 8 heteroatoms. The van der Waals surface area contributed by atoms with Gasteiger partial charge in [-0.05, 0) is 66.9 Å². The van der Waals surface area contributed by atoms with Gasteiger partial charge in [0, 0.05) is 18.7 Å². The minimum atomic E-state index is -0.557. The highest BCUT2D eigenvalue weighted by Crippen LogP contribution is 2.31. The van der Waals surface area contributed by atoms with Crippen LogP contribution in [-0.2, 0) is 17.8 Å². The summed E-state index contributed by atoms with van der Waals surface area (Å²) in [4.78, 5) is 29.2. The van der Waals surface area contributed by atoms with Gasteiger partial charge in [-0.1, -0.05) is 18.2 Å². The number of hydrogen-bond acceptors (Lipinski definition) is 3. The number of halogens is 2. The van der Waals surface area contributed by atoms with Crippen molar-refractivity contribution in [2.75, 3.05) is 30.4 Å². The molecule has 4 rings (SSSR count). The Hall–Kier alpha value is -3.94. The lowest BCUT2D eigenvalue weighted by Gasteiger charge is -2.36. The first-order valence-corrected chi connectivity index (χ1v) is 11.4. The second-order valence-electron chi connectivity index (χ2n) is 8.54. The van der Waals surface area contributed by atoms with Crippen LogP contribution in [0.25, 0.3) is 0 Å². The number of ether oxygens (including phenoxy) is 1. The zero-order chi connectivity index (χ0) is 24.9. The van der Waals surface area contributed by atoms with E-state index < -0.39 is 11.6 Å². The highest BCUT2D eigenvalue weighted by molar-refractivity contribution is 6.01. The van der Waals surface area contributed by atoms with Gasteiger partial charge in [0.05, 0.1) is 31.5 Å². The van der Waals surface area contributed by atoms with Crippen LogP contribution in [0.2, 0.25) is 0 Å². The highest BCUT2D eigenvalue weighted by Gasteiger charge is 2.29. The molecule has 0 saturated carbocycles. The van der Waals surface area contributed by atoms with Crippen molar-refractivity contribution >= 4 is 23.3 Å². The summed E-state index contributed by atoms with van der Waals surface area (Å²) in [5, 5.41) is 2.94. The molecule has 1 aliphatic rings. The Bertz CT molecular complexity index is 1230. The molecule has 1 fully saturated rings. The number of nitrogens with one attached hydrogen (secondary N) is 1. The molecule has 0 aliphatic carbocycles. The molecule has 0 unspecified atom stereocenters. The van der Waals surface area contributed by atoms with Gasteiger partial charge in [0.1, 0.15) is 17.4 Å². The maximum absolute atomic E-state index is 14.2. The van der Waals surface area contributed by atoms with Crippen LogP contribution >= 0.6 is 0 Å². The van der Waals surface area contributed by atoms with E-state index in [1.165, 1.54) is 4.90 Å². The smallest absolute Gasteiger partial charge is 0.324 e. The summed E-state index contributed by atoms with van der Waals surface area (Å²) in [5.41, 5.74) is 2.97. The molecule has 3 aromatic carbocycles. The number of carbonyl (C=O) groups excluding carboxylic acids is 2. The van der Waals surface area contributed by atoms with E-state index >= 15 is 0 Å². The van der Waals surface area contributed by atoms with E-state index in [0.29, 0.717) is 36.6 Å². The molecule has 1 saturated heterocycles. The summed E-state index contributed by atoms with van der Waals surface area (Å²) in [6, 6.07) is 15.6. The van der Waals surface area contributed by atoms with Gasteiger partial charge in [-0.25, -0.2) is 13.6 Å². The van der Waals surface area contributed by atoms with E-state index in [9.17, 15) is 18.4 Å². The Morgan fingerprint density at radius 2 is 1.80 bits per heavy atom. The van der Waals surface area contributed by atoms with E-state index in [1.54, 1.807) is 30.2 Å². The summed E-state index contributed by atoms with van der Waals surface area (Å²) in [5.74, 6) is -0.618. The van der Waals surface area contributed by atoms with Crippen molar-refractivity contribution in [1.29, 1.82) is 0 Å².